The van der Waals surface area contributed by atoms with Gasteiger partial charge in [-0.3, -0.25) is 0 Å². The first-order valence-corrected chi connectivity index (χ1v) is 5.10. The molecule has 0 bridgehead atoms. The molecule has 1 N–H and O–H groups in total. The number of halogens is 1. The molecule has 1 aliphatic rings. The number of benzene rings is 1. The minimum atomic E-state index is 0.619. The van der Waals surface area contributed by atoms with Gasteiger partial charge in [0.15, 0.2) is 0 Å². The highest BCUT2D eigenvalue weighted by atomic mass is 35.5. The fourth-order valence-electron chi connectivity index (χ4n) is 1.95. The Labute approximate surface area is 84.1 Å². The molecular formula is C11H14ClN. The van der Waals surface area contributed by atoms with Crippen LogP contribution in [0.15, 0.2) is 18.2 Å². The number of fused-ring (bicyclic) bond motifs is 1. The molecule has 0 aromatic heterocycles. The van der Waals surface area contributed by atoms with Gasteiger partial charge in [0.2, 0.25) is 0 Å². The summed E-state index contributed by atoms with van der Waals surface area (Å²) >= 11 is 6.08. The van der Waals surface area contributed by atoms with Crippen molar-refractivity contribution in [2.24, 2.45) is 5.92 Å². The van der Waals surface area contributed by atoms with Gasteiger partial charge in [0.05, 0.1) is 10.7 Å². The van der Waals surface area contributed by atoms with Gasteiger partial charge in [-0.1, -0.05) is 37.6 Å². The molecule has 13 heavy (non-hydrogen) atoms. The van der Waals surface area contributed by atoms with E-state index in [4.69, 9.17) is 11.6 Å². The van der Waals surface area contributed by atoms with Crippen molar-refractivity contribution >= 4 is 17.3 Å². The lowest BCUT2D eigenvalue weighted by atomic mass is 9.90. The van der Waals surface area contributed by atoms with Crippen LogP contribution in [0.1, 0.15) is 25.3 Å². The largest absolute Gasteiger partial charge is 0.383 e. The highest BCUT2D eigenvalue weighted by Crippen LogP contribution is 2.39. The Hall–Kier alpha value is -0.690. The van der Waals surface area contributed by atoms with Gasteiger partial charge in [-0.25, -0.2) is 0 Å². The van der Waals surface area contributed by atoms with Crippen LogP contribution in [-0.2, 0) is 0 Å². The van der Waals surface area contributed by atoms with E-state index in [1.807, 2.05) is 12.1 Å². The first kappa shape index (κ1) is 8.89. The van der Waals surface area contributed by atoms with Crippen molar-refractivity contribution in [3.05, 3.63) is 28.8 Å². The molecule has 0 radical (unpaired) electrons. The average Bonchev–Trinajstić information content (AvgIpc) is 2.48. The Morgan fingerprint density at radius 2 is 2.23 bits per heavy atom. The lowest BCUT2D eigenvalue weighted by Crippen LogP contribution is -2.08. The summed E-state index contributed by atoms with van der Waals surface area (Å²) in [5, 5.41) is 4.22. The summed E-state index contributed by atoms with van der Waals surface area (Å²) < 4.78 is 0. The monoisotopic (exact) mass is 195 g/mol. The molecule has 0 saturated heterocycles. The van der Waals surface area contributed by atoms with Crippen LogP contribution in [0.25, 0.3) is 0 Å². The second-order valence-corrected chi connectivity index (χ2v) is 4.34. The van der Waals surface area contributed by atoms with Crippen molar-refractivity contribution in [3.63, 3.8) is 0 Å². The number of hydrogen-bond donors (Lipinski definition) is 1. The Balaban J connectivity index is 2.43. The van der Waals surface area contributed by atoms with Crippen LogP contribution in [0.3, 0.4) is 0 Å². The van der Waals surface area contributed by atoms with Crippen molar-refractivity contribution in [2.45, 2.75) is 19.8 Å². The zero-order valence-electron chi connectivity index (χ0n) is 7.97. The van der Waals surface area contributed by atoms with E-state index in [0.717, 1.165) is 17.3 Å². The van der Waals surface area contributed by atoms with Crippen LogP contribution in [-0.4, -0.2) is 6.54 Å². The summed E-state index contributed by atoms with van der Waals surface area (Å²) in [5.41, 5.74) is 2.52. The quantitative estimate of drug-likeness (QED) is 0.723. The number of para-hydroxylation sites is 1. The Kier molecular flexibility index (Phi) is 2.20. The molecule has 0 aliphatic carbocycles. The molecule has 2 heteroatoms. The third-order valence-electron chi connectivity index (χ3n) is 2.75. The number of rotatable bonds is 1. The van der Waals surface area contributed by atoms with Gasteiger partial charge in [0, 0.05) is 12.5 Å². The van der Waals surface area contributed by atoms with E-state index in [2.05, 4.69) is 25.2 Å². The van der Waals surface area contributed by atoms with E-state index in [-0.39, 0.29) is 0 Å². The van der Waals surface area contributed by atoms with Gasteiger partial charge in [0.1, 0.15) is 0 Å². The van der Waals surface area contributed by atoms with Crippen molar-refractivity contribution in [1.29, 1.82) is 0 Å². The molecule has 0 spiro atoms. The number of hydrogen-bond acceptors (Lipinski definition) is 1. The molecule has 1 heterocycles. The summed E-state index contributed by atoms with van der Waals surface area (Å²) in [6, 6.07) is 6.14. The highest BCUT2D eigenvalue weighted by Gasteiger charge is 2.25. The third-order valence-corrected chi connectivity index (χ3v) is 3.06. The SMILES string of the molecule is CC(C)C1CNc2c(Cl)cccc21. The van der Waals surface area contributed by atoms with Gasteiger partial charge >= 0.3 is 0 Å². The molecule has 1 unspecified atom stereocenters. The minimum Gasteiger partial charge on any atom is -0.383 e. The number of anilines is 1. The van der Waals surface area contributed by atoms with Crippen molar-refractivity contribution < 1.29 is 0 Å². The predicted molar refractivity (Wildman–Crippen MR) is 57.5 cm³/mol. The van der Waals surface area contributed by atoms with Gasteiger partial charge in [-0.2, -0.15) is 0 Å². The molecule has 1 aromatic rings. The first-order valence-electron chi connectivity index (χ1n) is 4.72. The molecule has 70 valence electrons. The van der Waals surface area contributed by atoms with Gasteiger partial charge in [0.25, 0.3) is 0 Å². The first-order chi connectivity index (χ1) is 6.20. The summed E-state index contributed by atoms with van der Waals surface area (Å²) in [7, 11) is 0. The van der Waals surface area contributed by atoms with E-state index in [1.165, 1.54) is 5.56 Å². The molecule has 1 atom stereocenters. The normalized spacial score (nSPS) is 20.2. The minimum absolute atomic E-state index is 0.619. The van der Waals surface area contributed by atoms with E-state index in [1.54, 1.807) is 0 Å². The molecule has 0 fully saturated rings. The molecule has 2 rings (SSSR count). The van der Waals surface area contributed by atoms with Crippen LogP contribution >= 0.6 is 11.6 Å². The summed E-state index contributed by atoms with van der Waals surface area (Å²) in [6.07, 6.45) is 0. The zero-order chi connectivity index (χ0) is 9.42. The maximum Gasteiger partial charge on any atom is 0.0640 e. The standard InChI is InChI=1S/C11H14ClN/c1-7(2)9-6-13-11-8(9)4-3-5-10(11)12/h3-5,7,9,13H,6H2,1-2H3. The van der Waals surface area contributed by atoms with E-state index in [9.17, 15) is 0 Å². The Morgan fingerprint density at radius 3 is 2.92 bits per heavy atom. The fraction of sp³-hybridized carbons (Fsp3) is 0.455. The van der Waals surface area contributed by atoms with Crippen LogP contribution in [0.4, 0.5) is 5.69 Å². The van der Waals surface area contributed by atoms with Crippen LogP contribution in [0, 0.1) is 5.92 Å². The van der Waals surface area contributed by atoms with E-state index in [0.29, 0.717) is 11.8 Å². The van der Waals surface area contributed by atoms with Crippen molar-refractivity contribution in [3.8, 4) is 0 Å². The van der Waals surface area contributed by atoms with Gasteiger partial charge < -0.3 is 5.32 Å². The number of nitrogens with one attached hydrogen (secondary N) is 1. The summed E-state index contributed by atoms with van der Waals surface area (Å²) in [6.45, 7) is 5.53. The Bertz CT molecular complexity index is 320. The maximum atomic E-state index is 6.08. The maximum absolute atomic E-state index is 6.08. The van der Waals surface area contributed by atoms with E-state index < -0.39 is 0 Å². The van der Waals surface area contributed by atoms with Crippen LogP contribution < -0.4 is 5.32 Å². The molecule has 0 amide bonds. The fourth-order valence-corrected chi connectivity index (χ4v) is 2.20. The van der Waals surface area contributed by atoms with Crippen molar-refractivity contribution in [1.82, 2.24) is 0 Å². The van der Waals surface area contributed by atoms with Crippen LogP contribution in [0.5, 0.6) is 0 Å². The lowest BCUT2D eigenvalue weighted by Gasteiger charge is -2.13. The highest BCUT2D eigenvalue weighted by molar-refractivity contribution is 6.33. The molecule has 1 nitrogen and oxygen atoms in total. The molecular weight excluding hydrogens is 182 g/mol. The molecule has 1 aromatic carbocycles. The molecule has 0 saturated carbocycles. The summed E-state index contributed by atoms with van der Waals surface area (Å²) in [5.74, 6) is 1.29. The topological polar surface area (TPSA) is 12.0 Å². The Morgan fingerprint density at radius 1 is 1.46 bits per heavy atom. The third kappa shape index (κ3) is 1.42. The second-order valence-electron chi connectivity index (χ2n) is 3.94. The zero-order valence-corrected chi connectivity index (χ0v) is 8.73. The van der Waals surface area contributed by atoms with Gasteiger partial charge in [-0.15, -0.1) is 0 Å². The van der Waals surface area contributed by atoms with E-state index >= 15 is 0 Å². The lowest BCUT2D eigenvalue weighted by molar-refractivity contribution is 0.533. The smallest absolute Gasteiger partial charge is 0.0640 e. The summed E-state index contributed by atoms with van der Waals surface area (Å²) in [4.78, 5) is 0. The predicted octanol–water partition coefficient (Wildman–Crippen LogP) is 3.51. The van der Waals surface area contributed by atoms with Gasteiger partial charge in [-0.05, 0) is 17.5 Å². The van der Waals surface area contributed by atoms with Crippen molar-refractivity contribution in [2.75, 3.05) is 11.9 Å². The second kappa shape index (κ2) is 3.22. The molecule has 1 aliphatic heterocycles. The average molecular weight is 196 g/mol. The van der Waals surface area contributed by atoms with Crippen LogP contribution in [0.2, 0.25) is 5.02 Å².